The van der Waals surface area contributed by atoms with Crippen molar-refractivity contribution in [3.63, 3.8) is 0 Å². The molecule has 0 spiro atoms. The Labute approximate surface area is 108 Å². The van der Waals surface area contributed by atoms with Gasteiger partial charge in [0, 0.05) is 13.2 Å². The Balaban J connectivity index is 3.41. The number of ether oxygens (including phenoxy) is 2. The standard InChI is InChI=1S/C15H32O2/c1-4-7-9-10-11-14-17-15(12-6-3)16-13-8-5-2/h15H,4-14H2,1-3H3. The van der Waals surface area contributed by atoms with Gasteiger partial charge in [-0.25, -0.2) is 0 Å². The molecule has 0 heterocycles. The molecule has 0 fully saturated rings. The van der Waals surface area contributed by atoms with Crippen LogP contribution in [0.2, 0.25) is 0 Å². The highest BCUT2D eigenvalue weighted by Crippen LogP contribution is 2.08. The lowest BCUT2D eigenvalue weighted by Gasteiger charge is -2.17. The van der Waals surface area contributed by atoms with E-state index in [1.165, 1.54) is 38.5 Å². The van der Waals surface area contributed by atoms with Crippen molar-refractivity contribution >= 4 is 0 Å². The van der Waals surface area contributed by atoms with Gasteiger partial charge in [0.2, 0.25) is 0 Å². The summed E-state index contributed by atoms with van der Waals surface area (Å²) in [6.07, 6.45) is 11.0. The number of hydrogen-bond acceptors (Lipinski definition) is 2. The molecule has 0 N–H and O–H groups in total. The predicted octanol–water partition coefficient (Wildman–Crippen LogP) is 4.92. The minimum atomic E-state index is 0.0396. The summed E-state index contributed by atoms with van der Waals surface area (Å²) in [6, 6.07) is 0. The largest absolute Gasteiger partial charge is 0.353 e. The molecule has 0 bridgehead atoms. The SMILES string of the molecule is CCCCCCCOC(CCC)OCCCC. The van der Waals surface area contributed by atoms with E-state index >= 15 is 0 Å². The first-order chi connectivity index (χ1) is 8.35. The van der Waals surface area contributed by atoms with Crippen molar-refractivity contribution in [2.24, 2.45) is 0 Å². The van der Waals surface area contributed by atoms with Crippen LogP contribution >= 0.6 is 0 Å². The van der Waals surface area contributed by atoms with Crippen LogP contribution in [-0.2, 0) is 9.47 Å². The Hall–Kier alpha value is -0.0800. The summed E-state index contributed by atoms with van der Waals surface area (Å²) >= 11 is 0. The van der Waals surface area contributed by atoms with E-state index in [1.807, 2.05) is 0 Å². The first-order valence-electron chi connectivity index (χ1n) is 7.58. The van der Waals surface area contributed by atoms with E-state index in [0.717, 1.165) is 32.5 Å². The van der Waals surface area contributed by atoms with E-state index in [9.17, 15) is 0 Å². The van der Waals surface area contributed by atoms with E-state index in [4.69, 9.17) is 9.47 Å². The molecule has 0 radical (unpaired) electrons. The van der Waals surface area contributed by atoms with E-state index in [-0.39, 0.29) is 6.29 Å². The molecule has 1 unspecified atom stereocenters. The molecule has 0 amide bonds. The smallest absolute Gasteiger partial charge is 0.157 e. The second-order valence-corrected chi connectivity index (χ2v) is 4.73. The summed E-state index contributed by atoms with van der Waals surface area (Å²) in [6.45, 7) is 8.32. The molecule has 1 atom stereocenters. The zero-order chi connectivity index (χ0) is 12.8. The first kappa shape index (κ1) is 16.9. The summed E-state index contributed by atoms with van der Waals surface area (Å²) in [5.41, 5.74) is 0. The van der Waals surface area contributed by atoms with Gasteiger partial charge in [0.15, 0.2) is 6.29 Å². The second kappa shape index (κ2) is 14.0. The molecule has 0 aliphatic carbocycles. The van der Waals surface area contributed by atoms with Crippen LogP contribution in [0.1, 0.15) is 78.6 Å². The Morgan fingerprint density at radius 1 is 0.647 bits per heavy atom. The third-order valence-electron chi connectivity index (χ3n) is 2.88. The van der Waals surface area contributed by atoms with Crippen molar-refractivity contribution in [2.45, 2.75) is 84.8 Å². The molecule has 2 nitrogen and oxygen atoms in total. The van der Waals surface area contributed by atoms with Crippen LogP contribution in [0.15, 0.2) is 0 Å². The predicted molar refractivity (Wildman–Crippen MR) is 74.3 cm³/mol. The number of hydrogen-bond donors (Lipinski definition) is 0. The fourth-order valence-corrected chi connectivity index (χ4v) is 1.73. The molecule has 0 aliphatic heterocycles. The molecule has 17 heavy (non-hydrogen) atoms. The number of rotatable bonds is 13. The highest BCUT2D eigenvalue weighted by Gasteiger charge is 2.07. The summed E-state index contributed by atoms with van der Waals surface area (Å²) in [5.74, 6) is 0. The fourth-order valence-electron chi connectivity index (χ4n) is 1.73. The van der Waals surface area contributed by atoms with E-state index in [1.54, 1.807) is 0 Å². The van der Waals surface area contributed by atoms with Crippen molar-refractivity contribution in [3.05, 3.63) is 0 Å². The van der Waals surface area contributed by atoms with Gasteiger partial charge < -0.3 is 9.47 Å². The highest BCUT2D eigenvalue weighted by molar-refractivity contribution is 4.47. The molecule has 0 aromatic rings. The molecule has 0 aromatic heterocycles. The lowest BCUT2D eigenvalue weighted by atomic mass is 10.2. The van der Waals surface area contributed by atoms with E-state index in [0.29, 0.717) is 0 Å². The summed E-state index contributed by atoms with van der Waals surface area (Å²) in [7, 11) is 0. The van der Waals surface area contributed by atoms with Crippen LogP contribution < -0.4 is 0 Å². The van der Waals surface area contributed by atoms with Crippen molar-refractivity contribution in [3.8, 4) is 0 Å². The van der Waals surface area contributed by atoms with Crippen molar-refractivity contribution < 1.29 is 9.47 Å². The lowest BCUT2D eigenvalue weighted by Crippen LogP contribution is -2.18. The van der Waals surface area contributed by atoms with Crippen molar-refractivity contribution in [2.75, 3.05) is 13.2 Å². The topological polar surface area (TPSA) is 18.5 Å². The van der Waals surface area contributed by atoms with Gasteiger partial charge in [-0.15, -0.1) is 0 Å². The van der Waals surface area contributed by atoms with Gasteiger partial charge in [-0.3, -0.25) is 0 Å². The van der Waals surface area contributed by atoms with Crippen LogP contribution in [0.25, 0.3) is 0 Å². The maximum absolute atomic E-state index is 5.79. The zero-order valence-electron chi connectivity index (χ0n) is 12.2. The molecule has 0 aliphatic rings. The maximum Gasteiger partial charge on any atom is 0.157 e. The molecule has 2 heteroatoms. The number of unbranched alkanes of at least 4 members (excludes halogenated alkanes) is 5. The van der Waals surface area contributed by atoms with Crippen LogP contribution in [0.3, 0.4) is 0 Å². The third kappa shape index (κ3) is 12.2. The molecular formula is C15H32O2. The first-order valence-corrected chi connectivity index (χ1v) is 7.58. The molecule has 0 rings (SSSR count). The zero-order valence-corrected chi connectivity index (χ0v) is 12.2. The average Bonchev–Trinajstić information content (AvgIpc) is 2.34. The fraction of sp³-hybridized carbons (Fsp3) is 1.00. The average molecular weight is 244 g/mol. The van der Waals surface area contributed by atoms with Crippen LogP contribution in [-0.4, -0.2) is 19.5 Å². The van der Waals surface area contributed by atoms with Crippen LogP contribution in [0.4, 0.5) is 0 Å². The van der Waals surface area contributed by atoms with Crippen molar-refractivity contribution in [1.82, 2.24) is 0 Å². The second-order valence-electron chi connectivity index (χ2n) is 4.73. The van der Waals surface area contributed by atoms with Gasteiger partial charge >= 0.3 is 0 Å². The van der Waals surface area contributed by atoms with Gasteiger partial charge in [0.05, 0.1) is 0 Å². The molecule has 0 saturated heterocycles. The quantitative estimate of drug-likeness (QED) is 0.338. The van der Waals surface area contributed by atoms with Crippen LogP contribution in [0.5, 0.6) is 0 Å². The summed E-state index contributed by atoms with van der Waals surface area (Å²) < 4.78 is 11.5. The van der Waals surface area contributed by atoms with Gasteiger partial charge in [0.25, 0.3) is 0 Å². The summed E-state index contributed by atoms with van der Waals surface area (Å²) in [5, 5.41) is 0. The Kier molecular flexibility index (Phi) is 13.9. The van der Waals surface area contributed by atoms with E-state index < -0.39 is 0 Å². The molecule has 0 aromatic carbocycles. The van der Waals surface area contributed by atoms with Gasteiger partial charge in [-0.1, -0.05) is 59.3 Å². The van der Waals surface area contributed by atoms with Gasteiger partial charge in [-0.05, 0) is 19.3 Å². The van der Waals surface area contributed by atoms with Gasteiger partial charge in [-0.2, -0.15) is 0 Å². The Morgan fingerprint density at radius 2 is 1.24 bits per heavy atom. The van der Waals surface area contributed by atoms with E-state index in [2.05, 4.69) is 20.8 Å². The maximum atomic E-state index is 5.79. The highest BCUT2D eigenvalue weighted by atomic mass is 16.7. The minimum absolute atomic E-state index is 0.0396. The normalized spacial score (nSPS) is 12.9. The monoisotopic (exact) mass is 244 g/mol. The Morgan fingerprint density at radius 3 is 1.82 bits per heavy atom. The van der Waals surface area contributed by atoms with Gasteiger partial charge in [0.1, 0.15) is 0 Å². The van der Waals surface area contributed by atoms with Crippen LogP contribution in [0, 0.1) is 0 Å². The lowest BCUT2D eigenvalue weighted by molar-refractivity contribution is -0.147. The molecule has 104 valence electrons. The Bertz CT molecular complexity index is 137. The molecule has 0 saturated carbocycles. The summed E-state index contributed by atoms with van der Waals surface area (Å²) in [4.78, 5) is 0. The molecular weight excluding hydrogens is 212 g/mol. The third-order valence-corrected chi connectivity index (χ3v) is 2.88. The minimum Gasteiger partial charge on any atom is -0.353 e. The van der Waals surface area contributed by atoms with Crippen molar-refractivity contribution in [1.29, 1.82) is 0 Å².